The zero-order valence-corrected chi connectivity index (χ0v) is 14.7. The van der Waals surface area contributed by atoms with Crippen LogP contribution in [0.4, 0.5) is 0 Å². The molecule has 0 atom stereocenters. The molecule has 0 bridgehead atoms. The van der Waals surface area contributed by atoms with Gasteiger partial charge >= 0.3 is 0 Å². The molecule has 0 saturated carbocycles. The summed E-state index contributed by atoms with van der Waals surface area (Å²) >= 11 is 0. The Labute approximate surface area is 157 Å². The van der Waals surface area contributed by atoms with Crippen LogP contribution in [0.5, 0.6) is 0 Å². The van der Waals surface area contributed by atoms with Gasteiger partial charge in [-0.05, 0) is 47.9 Å². The predicted molar refractivity (Wildman–Crippen MR) is 110 cm³/mol. The van der Waals surface area contributed by atoms with E-state index in [0.29, 0.717) is 0 Å². The van der Waals surface area contributed by atoms with Crippen LogP contribution in [0, 0.1) is 0 Å². The van der Waals surface area contributed by atoms with Crippen LogP contribution in [0.2, 0.25) is 0 Å². The molecule has 3 aromatic heterocycles. The first-order valence-corrected chi connectivity index (χ1v) is 8.93. The lowest BCUT2D eigenvalue weighted by Gasteiger charge is -2.15. The SMILES string of the molecule is c1ccc(-c2ccc3ccc(-c4ccccn4)c(-n4cccc4)c3c2)nc1. The number of fused-ring (bicyclic) bond motifs is 1. The minimum Gasteiger partial charge on any atom is -0.323 e. The highest BCUT2D eigenvalue weighted by atomic mass is 14.9. The molecule has 0 fully saturated rings. The van der Waals surface area contributed by atoms with E-state index in [0.717, 1.165) is 28.2 Å². The summed E-state index contributed by atoms with van der Waals surface area (Å²) in [5.74, 6) is 0. The molecule has 0 radical (unpaired) electrons. The van der Waals surface area contributed by atoms with Crippen LogP contribution in [-0.4, -0.2) is 14.5 Å². The summed E-state index contributed by atoms with van der Waals surface area (Å²) in [5.41, 5.74) is 5.29. The molecule has 128 valence electrons. The van der Waals surface area contributed by atoms with Crippen LogP contribution in [0.15, 0.2) is 104 Å². The zero-order chi connectivity index (χ0) is 18.1. The Balaban J connectivity index is 1.83. The maximum Gasteiger partial charge on any atom is 0.0723 e. The number of nitrogens with zero attached hydrogens (tertiary/aromatic N) is 3. The van der Waals surface area contributed by atoms with Crippen molar-refractivity contribution in [3.8, 4) is 28.2 Å². The first kappa shape index (κ1) is 15.5. The quantitative estimate of drug-likeness (QED) is 0.416. The van der Waals surface area contributed by atoms with Gasteiger partial charge in [-0.2, -0.15) is 0 Å². The molecule has 27 heavy (non-hydrogen) atoms. The molecule has 2 aromatic carbocycles. The molecule has 0 unspecified atom stereocenters. The normalized spacial score (nSPS) is 11.0. The molecule has 5 rings (SSSR count). The molecule has 0 N–H and O–H groups in total. The molecular weight excluding hydrogens is 330 g/mol. The van der Waals surface area contributed by atoms with E-state index in [1.54, 1.807) is 0 Å². The molecule has 0 aliphatic carbocycles. The maximum absolute atomic E-state index is 4.58. The number of aromatic nitrogens is 3. The second-order valence-electron chi connectivity index (χ2n) is 6.42. The van der Waals surface area contributed by atoms with Crippen LogP contribution >= 0.6 is 0 Å². The highest BCUT2D eigenvalue weighted by Gasteiger charge is 2.13. The van der Waals surface area contributed by atoms with Crippen molar-refractivity contribution in [1.82, 2.24) is 14.5 Å². The van der Waals surface area contributed by atoms with Crippen molar-refractivity contribution in [1.29, 1.82) is 0 Å². The Morgan fingerprint density at radius 3 is 2.04 bits per heavy atom. The fraction of sp³-hybridized carbons (Fsp3) is 0. The van der Waals surface area contributed by atoms with Crippen molar-refractivity contribution in [2.24, 2.45) is 0 Å². The molecule has 0 aliphatic heterocycles. The van der Waals surface area contributed by atoms with Crippen molar-refractivity contribution in [2.45, 2.75) is 0 Å². The van der Waals surface area contributed by atoms with Crippen LogP contribution in [0.3, 0.4) is 0 Å². The lowest BCUT2D eigenvalue weighted by molar-refractivity contribution is 1.09. The van der Waals surface area contributed by atoms with Gasteiger partial charge in [0, 0.05) is 41.3 Å². The summed E-state index contributed by atoms with van der Waals surface area (Å²) in [6, 6.07) is 26.9. The fourth-order valence-corrected chi connectivity index (χ4v) is 3.49. The zero-order valence-electron chi connectivity index (χ0n) is 14.7. The maximum atomic E-state index is 4.58. The van der Waals surface area contributed by atoms with Gasteiger partial charge in [-0.25, -0.2) is 0 Å². The standard InChI is InChI=1S/C24H17N3/c1-3-13-25-22(7-1)19-10-9-18-11-12-20(23-8-2-4-14-26-23)24(21(18)17-19)27-15-5-6-16-27/h1-17H. The lowest BCUT2D eigenvalue weighted by atomic mass is 9.98. The van der Waals surface area contributed by atoms with E-state index in [2.05, 4.69) is 63.3 Å². The van der Waals surface area contributed by atoms with Gasteiger partial charge in [0.25, 0.3) is 0 Å². The molecule has 3 heteroatoms. The smallest absolute Gasteiger partial charge is 0.0723 e. The van der Waals surface area contributed by atoms with Crippen LogP contribution in [0.1, 0.15) is 0 Å². The fourth-order valence-electron chi connectivity index (χ4n) is 3.49. The van der Waals surface area contributed by atoms with E-state index in [1.807, 2.05) is 54.9 Å². The summed E-state index contributed by atoms with van der Waals surface area (Å²) in [6.45, 7) is 0. The van der Waals surface area contributed by atoms with Gasteiger partial charge in [0.2, 0.25) is 0 Å². The Morgan fingerprint density at radius 1 is 0.630 bits per heavy atom. The summed E-state index contributed by atoms with van der Waals surface area (Å²) in [7, 11) is 0. The Morgan fingerprint density at radius 2 is 1.33 bits per heavy atom. The molecule has 0 saturated heterocycles. The topological polar surface area (TPSA) is 30.7 Å². The van der Waals surface area contributed by atoms with Gasteiger partial charge in [0.05, 0.1) is 17.1 Å². The largest absolute Gasteiger partial charge is 0.323 e. The van der Waals surface area contributed by atoms with E-state index in [1.165, 1.54) is 10.8 Å². The third-order valence-corrected chi connectivity index (χ3v) is 4.76. The molecule has 3 heterocycles. The van der Waals surface area contributed by atoms with Crippen molar-refractivity contribution in [3.05, 3.63) is 104 Å². The van der Waals surface area contributed by atoms with Crippen molar-refractivity contribution in [3.63, 3.8) is 0 Å². The number of benzene rings is 2. The first-order valence-electron chi connectivity index (χ1n) is 8.93. The Bertz CT molecular complexity index is 1190. The molecule has 0 amide bonds. The van der Waals surface area contributed by atoms with Gasteiger partial charge in [-0.3, -0.25) is 9.97 Å². The van der Waals surface area contributed by atoms with E-state index in [4.69, 9.17) is 0 Å². The molecule has 0 aliphatic rings. The lowest BCUT2D eigenvalue weighted by Crippen LogP contribution is -1.97. The summed E-state index contributed by atoms with van der Waals surface area (Å²) in [4.78, 5) is 9.09. The van der Waals surface area contributed by atoms with E-state index in [-0.39, 0.29) is 0 Å². The highest BCUT2D eigenvalue weighted by molar-refractivity contribution is 5.99. The second-order valence-corrected chi connectivity index (χ2v) is 6.42. The van der Waals surface area contributed by atoms with Crippen LogP contribution in [0.25, 0.3) is 39.0 Å². The third-order valence-electron chi connectivity index (χ3n) is 4.76. The van der Waals surface area contributed by atoms with E-state index < -0.39 is 0 Å². The van der Waals surface area contributed by atoms with Crippen molar-refractivity contribution < 1.29 is 0 Å². The predicted octanol–water partition coefficient (Wildman–Crippen LogP) is 5.75. The minimum absolute atomic E-state index is 0.964. The molecular formula is C24H17N3. The van der Waals surface area contributed by atoms with E-state index >= 15 is 0 Å². The van der Waals surface area contributed by atoms with Crippen LogP contribution in [-0.2, 0) is 0 Å². The number of hydrogen-bond acceptors (Lipinski definition) is 2. The number of pyridine rings is 2. The average Bonchev–Trinajstić information content (AvgIpc) is 3.28. The van der Waals surface area contributed by atoms with E-state index in [9.17, 15) is 0 Å². The number of hydrogen-bond donors (Lipinski definition) is 0. The van der Waals surface area contributed by atoms with Gasteiger partial charge < -0.3 is 4.57 Å². The summed E-state index contributed by atoms with van der Waals surface area (Å²) < 4.78 is 2.16. The number of rotatable bonds is 3. The Hall–Kier alpha value is -3.72. The van der Waals surface area contributed by atoms with Crippen LogP contribution < -0.4 is 0 Å². The molecule has 5 aromatic rings. The monoisotopic (exact) mass is 347 g/mol. The Kier molecular flexibility index (Phi) is 3.76. The van der Waals surface area contributed by atoms with Gasteiger partial charge in [0.15, 0.2) is 0 Å². The molecule has 3 nitrogen and oxygen atoms in total. The average molecular weight is 347 g/mol. The minimum atomic E-state index is 0.964. The second kappa shape index (κ2) is 6.54. The van der Waals surface area contributed by atoms with Gasteiger partial charge in [0.1, 0.15) is 0 Å². The van der Waals surface area contributed by atoms with Crippen molar-refractivity contribution in [2.75, 3.05) is 0 Å². The van der Waals surface area contributed by atoms with Gasteiger partial charge in [-0.1, -0.05) is 36.4 Å². The third kappa shape index (κ3) is 2.79. The summed E-state index contributed by atoms with van der Waals surface area (Å²) in [6.07, 6.45) is 7.82. The van der Waals surface area contributed by atoms with Crippen molar-refractivity contribution >= 4 is 10.8 Å². The molecule has 0 spiro atoms. The first-order chi connectivity index (χ1) is 13.4. The van der Waals surface area contributed by atoms with Gasteiger partial charge in [-0.15, -0.1) is 0 Å². The highest BCUT2D eigenvalue weighted by Crippen LogP contribution is 2.34. The summed E-state index contributed by atoms with van der Waals surface area (Å²) in [5, 5.41) is 2.37.